The summed E-state index contributed by atoms with van der Waals surface area (Å²) in [6.45, 7) is 0.557. The van der Waals surface area contributed by atoms with Crippen LogP contribution in [0.15, 0.2) is 34.2 Å². The van der Waals surface area contributed by atoms with Gasteiger partial charge < -0.3 is 9.67 Å². The van der Waals surface area contributed by atoms with E-state index in [4.69, 9.17) is 0 Å². The van der Waals surface area contributed by atoms with Gasteiger partial charge in [0.15, 0.2) is 5.16 Å². The average molecular weight is 354 g/mol. The molecule has 2 aliphatic carbocycles. The van der Waals surface area contributed by atoms with Crippen LogP contribution in [-0.4, -0.2) is 26.5 Å². The van der Waals surface area contributed by atoms with Gasteiger partial charge in [-0.3, -0.25) is 4.79 Å². The Morgan fingerprint density at radius 1 is 1.20 bits per heavy atom. The second-order valence-electron chi connectivity index (χ2n) is 7.67. The molecule has 1 fully saturated rings. The first-order valence-electron chi connectivity index (χ1n) is 9.22. The molecule has 1 spiro atoms. The maximum atomic E-state index is 13.0. The fourth-order valence-corrected chi connectivity index (χ4v) is 5.97. The molecule has 5 rings (SSSR count). The van der Waals surface area contributed by atoms with Crippen molar-refractivity contribution in [2.24, 2.45) is 0 Å². The van der Waals surface area contributed by atoms with Gasteiger partial charge in [0.2, 0.25) is 0 Å². The maximum Gasteiger partial charge on any atom is 0.281 e. The first kappa shape index (κ1) is 15.6. The van der Waals surface area contributed by atoms with Crippen molar-refractivity contribution >= 4 is 11.8 Å². The van der Waals surface area contributed by atoms with E-state index >= 15 is 0 Å². The minimum absolute atomic E-state index is 0.0242. The molecule has 4 nitrogen and oxygen atoms in total. The topological polar surface area (TPSA) is 55.1 Å². The van der Waals surface area contributed by atoms with Crippen molar-refractivity contribution in [3.8, 4) is 11.1 Å². The molecule has 0 radical (unpaired) electrons. The summed E-state index contributed by atoms with van der Waals surface area (Å²) in [5.74, 6) is 0.620. The number of benzene rings is 1. The summed E-state index contributed by atoms with van der Waals surface area (Å²) in [7, 11) is 0. The minimum atomic E-state index is -0.372. The highest BCUT2D eigenvalue weighted by atomic mass is 32.2. The Morgan fingerprint density at radius 3 is 2.84 bits per heavy atom. The molecule has 5 heteroatoms. The SMILES string of the molecule is O=c1nc2n(c3c1-c1ccccc1CC31CCCCC1)CC(O)CS2. The lowest BCUT2D eigenvalue weighted by atomic mass is 9.63. The molecule has 1 saturated carbocycles. The molecule has 1 N–H and O–H groups in total. The van der Waals surface area contributed by atoms with Gasteiger partial charge in [0.05, 0.1) is 18.2 Å². The predicted molar refractivity (Wildman–Crippen MR) is 99.1 cm³/mol. The van der Waals surface area contributed by atoms with Crippen molar-refractivity contribution in [1.29, 1.82) is 0 Å². The molecule has 1 aromatic heterocycles. The molecule has 0 bridgehead atoms. The Morgan fingerprint density at radius 2 is 2.00 bits per heavy atom. The highest BCUT2D eigenvalue weighted by Crippen LogP contribution is 2.50. The number of fused-ring (bicyclic) bond motifs is 6. The van der Waals surface area contributed by atoms with E-state index in [1.54, 1.807) is 0 Å². The third kappa shape index (κ3) is 2.32. The number of rotatable bonds is 0. The van der Waals surface area contributed by atoms with Crippen molar-refractivity contribution in [3.05, 3.63) is 45.9 Å². The maximum absolute atomic E-state index is 13.0. The van der Waals surface area contributed by atoms with Gasteiger partial charge >= 0.3 is 0 Å². The van der Waals surface area contributed by atoms with Gasteiger partial charge in [-0.1, -0.05) is 55.3 Å². The van der Waals surface area contributed by atoms with Gasteiger partial charge in [0.25, 0.3) is 5.56 Å². The zero-order valence-electron chi connectivity index (χ0n) is 14.2. The van der Waals surface area contributed by atoms with Gasteiger partial charge in [0, 0.05) is 16.9 Å². The average Bonchev–Trinajstić information content (AvgIpc) is 2.62. The predicted octanol–water partition coefficient (Wildman–Crippen LogP) is 3.13. The summed E-state index contributed by atoms with van der Waals surface area (Å²) in [6.07, 6.45) is 6.57. The molecule has 1 aliphatic heterocycles. The third-order valence-corrected chi connectivity index (χ3v) is 7.20. The van der Waals surface area contributed by atoms with Crippen LogP contribution in [0.2, 0.25) is 0 Å². The van der Waals surface area contributed by atoms with Crippen LogP contribution in [0.5, 0.6) is 0 Å². The number of thioether (sulfide) groups is 1. The van der Waals surface area contributed by atoms with E-state index in [2.05, 4.69) is 27.8 Å². The van der Waals surface area contributed by atoms with Gasteiger partial charge in [-0.2, -0.15) is 4.98 Å². The van der Waals surface area contributed by atoms with E-state index in [9.17, 15) is 9.90 Å². The monoisotopic (exact) mass is 354 g/mol. The number of nitrogens with zero attached hydrogens (tertiary/aromatic N) is 2. The third-order valence-electron chi connectivity index (χ3n) is 6.08. The number of aliphatic hydroxyl groups excluding tert-OH is 1. The Labute approximate surface area is 151 Å². The lowest BCUT2D eigenvalue weighted by molar-refractivity contribution is 0.160. The molecule has 1 atom stereocenters. The van der Waals surface area contributed by atoms with E-state index < -0.39 is 0 Å². The molecule has 1 aromatic carbocycles. The molecular weight excluding hydrogens is 332 g/mol. The highest BCUT2D eigenvalue weighted by Gasteiger charge is 2.44. The summed E-state index contributed by atoms with van der Waals surface area (Å²) in [4.78, 5) is 17.4. The van der Waals surface area contributed by atoms with Crippen LogP contribution < -0.4 is 5.56 Å². The Bertz CT molecular complexity index is 899. The molecule has 0 saturated heterocycles. The Hall–Kier alpha value is -1.59. The lowest BCUT2D eigenvalue weighted by Crippen LogP contribution is -2.43. The van der Waals surface area contributed by atoms with Crippen LogP contribution in [-0.2, 0) is 18.4 Å². The summed E-state index contributed by atoms with van der Waals surface area (Å²) in [5.41, 5.74) is 4.21. The van der Waals surface area contributed by atoms with Crippen LogP contribution in [0.4, 0.5) is 0 Å². The van der Waals surface area contributed by atoms with E-state index in [-0.39, 0.29) is 17.1 Å². The quantitative estimate of drug-likeness (QED) is 0.739. The zero-order chi connectivity index (χ0) is 17.0. The molecule has 2 aromatic rings. The molecular formula is C20H22N2O2S. The second kappa shape index (κ2) is 5.71. The first-order valence-corrected chi connectivity index (χ1v) is 10.2. The zero-order valence-corrected chi connectivity index (χ0v) is 15.0. The normalized spacial score (nSPS) is 23.6. The van der Waals surface area contributed by atoms with Crippen LogP contribution in [0.1, 0.15) is 43.4 Å². The smallest absolute Gasteiger partial charge is 0.281 e. The molecule has 25 heavy (non-hydrogen) atoms. The summed E-state index contributed by atoms with van der Waals surface area (Å²) in [6, 6.07) is 8.31. The van der Waals surface area contributed by atoms with Crippen molar-refractivity contribution in [2.75, 3.05) is 5.75 Å². The van der Waals surface area contributed by atoms with E-state index in [0.717, 1.165) is 41.2 Å². The second-order valence-corrected chi connectivity index (χ2v) is 8.66. The summed E-state index contributed by atoms with van der Waals surface area (Å²) >= 11 is 1.51. The van der Waals surface area contributed by atoms with Crippen LogP contribution in [0, 0.1) is 0 Å². The molecule has 2 heterocycles. The van der Waals surface area contributed by atoms with Gasteiger partial charge in [0.1, 0.15) is 0 Å². The Balaban J connectivity index is 1.85. The molecule has 0 amide bonds. The summed E-state index contributed by atoms with van der Waals surface area (Å²) in [5, 5.41) is 11.1. The Kier molecular flexibility index (Phi) is 3.57. The number of hydrogen-bond acceptors (Lipinski definition) is 4. The highest BCUT2D eigenvalue weighted by molar-refractivity contribution is 7.99. The standard InChI is InChI=1S/C20H22N2O2S/c23-14-11-22-17-16(18(24)21-19(22)25-12-14)15-7-3-2-6-13(15)10-20(17)8-4-1-5-9-20/h2-3,6-7,14,23H,1,4-5,8-12H2. The van der Waals surface area contributed by atoms with Crippen LogP contribution >= 0.6 is 11.8 Å². The molecule has 1 unspecified atom stereocenters. The number of aliphatic hydroxyl groups is 1. The fourth-order valence-electron chi connectivity index (χ4n) is 5.05. The number of hydrogen-bond donors (Lipinski definition) is 1. The number of aromatic nitrogens is 2. The van der Waals surface area contributed by atoms with Gasteiger partial charge in [-0.15, -0.1) is 0 Å². The minimum Gasteiger partial charge on any atom is -0.390 e. The van der Waals surface area contributed by atoms with Crippen molar-refractivity contribution in [3.63, 3.8) is 0 Å². The van der Waals surface area contributed by atoms with Crippen LogP contribution in [0.3, 0.4) is 0 Å². The fraction of sp³-hybridized carbons (Fsp3) is 0.500. The van der Waals surface area contributed by atoms with Crippen molar-refractivity contribution in [2.45, 2.75) is 61.7 Å². The first-order chi connectivity index (χ1) is 12.2. The van der Waals surface area contributed by atoms with Crippen molar-refractivity contribution < 1.29 is 5.11 Å². The molecule has 130 valence electrons. The summed E-state index contributed by atoms with van der Waals surface area (Å²) < 4.78 is 2.18. The lowest BCUT2D eigenvalue weighted by Gasteiger charge is -2.45. The van der Waals surface area contributed by atoms with Gasteiger partial charge in [-0.25, -0.2) is 0 Å². The largest absolute Gasteiger partial charge is 0.390 e. The van der Waals surface area contributed by atoms with E-state index in [1.807, 2.05) is 6.07 Å². The van der Waals surface area contributed by atoms with Crippen LogP contribution in [0.25, 0.3) is 11.1 Å². The van der Waals surface area contributed by atoms with Gasteiger partial charge in [-0.05, 0) is 30.4 Å². The molecule has 3 aliphatic rings. The van der Waals surface area contributed by atoms with E-state index in [1.165, 1.54) is 36.6 Å². The van der Waals surface area contributed by atoms with E-state index in [0.29, 0.717) is 12.3 Å². The van der Waals surface area contributed by atoms with Crippen molar-refractivity contribution in [1.82, 2.24) is 9.55 Å².